The van der Waals surface area contributed by atoms with Crippen LogP contribution in [0.2, 0.25) is 0 Å². The van der Waals surface area contributed by atoms with E-state index in [-0.39, 0.29) is 0 Å². The Kier molecular flexibility index (Phi) is 4.19. The molecule has 0 radical (unpaired) electrons. The molecule has 1 aliphatic rings. The Morgan fingerprint density at radius 1 is 0.545 bits per heavy atom. The van der Waals surface area contributed by atoms with Gasteiger partial charge in [-0.15, -0.1) is 0 Å². The van der Waals surface area contributed by atoms with Crippen molar-refractivity contribution in [2.24, 2.45) is 0 Å². The highest BCUT2D eigenvalue weighted by atomic mass is 13.8. The number of allylic oxidation sites excluding steroid dienone is 8. The molecule has 0 aromatic rings. The second-order valence-corrected chi connectivity index (χ2v) is 2.53. The summed E-state index contributed by atoms with van der Waals surface area (Å²) >= 11 is 0. The third kappa shape index (κ3) is 4.38. The van der Waals surface area contributed by atoms with Crippen LogP contribution in [-0.4, -0.2) is 0 Å². The van der Waals surface area contributed by atoms with Gasteiger partial charge in [0.15, 0.2) is 0 Å². The molecule has 0 aromatic heterocycles. The fourth-order valence-corrected chi connectivity index (χ4v) is 0.945. The molecule has 0 aliphatic heterocycles. The monoisotopic (exact) mass is 146 g/mol. The Morgan fingerprint density at radius 3 is 2.18 bits per heavy atom. The molecule has 0 spiro atoms. The average molecular weight is 146 g/mol. The largest absolute Gasteiger partial charge is 0.0879 e. The van der Waals surface area contributed by atoms with Gasteiger partial charge in [-0.2, -0.15) is 0 Å². The minimum Gasteiger partial charge on any atom is -0.0879 e. The van der Waals surface area contributed by atoms with E-state index >= 15 is 0 Å². The molecule has 1 aliphatic carbocycles. The van der Waals surface area contributed by atoms with E-state index in [1.165, 1.54) is 0 Å². The van der Waals surface area contributed by atoms with E-state index in [4.69, 9.17) is 0 Å². The summed E-state index contributed by atoms with van der Waals surface area (Å²) in [6, 6.07) is 0. The van der Waals surface area contributed by atoms with Crippen LogP contribution in [-0.2, 0) is 0 Å². The highest BCUT2D eigenvalue weighted by molar-refractivity contribution is 5.12. The van der Waals surface area contributed by atoms with E-state index < -0.39 is 0 Å². The predicted octanol–water partition coefficient (Wildman–Crippen LogP) is 3.40. The standard InChI is InChI=1S/C11H14/c1-2-4-6-8-10-11-9-7-5-3-1/h1-6,9,11H,7-8,10H2/b2-1+,5-3-,6-4+,11-9+. The summed E-state index contributed by atoms with van der Waals surface area (Å²) < 4.78 is 0. The normalized spacial score (nSPS) is 29.8. The van der Waals surface area contributed by atoms with Gasteiger partial charge in [-0.1, -0.05) is 48.6 Å². The first kappa shape index (κ1) is 8.06. The Hall–Kier alpha value is -1.04. The van der Waals surface area contributed by atoms with Crippen molar-refractivity contribution in [3.05, 3.63) is 48.6 Å². The van der Waals surface area contributed by atoms with Gasteiger partial charge >= 0.3 is 0 Å². The topological polar surface area (TPSA) is 0 Å². The van der Waals surface area contributed by atoms with Crippen LogP contribution in [0.5, 0.6) is 0 Å². The zero-order valence-electron chi connectivity index (χ0n) is 6.74. The summed E-state index contributed by atoms with van der Waals surface area (Å²) in [7, 11) is 0. The van der Waals surface area contributed by atoms with Crippen molar-refractivity contribution in [2.45, 2.75) is 19.3 Å². The van der Waals surface area contributed by atoms with Gasteiger partial charge in [0.1, 0.15) is 0 Å². The van der Waals surface area contributed by atoms with Crippen molar-refractivity contribution < 1.29 is 0 Å². The van der Waals surface area contributed by atoms with Gasteiger partial charge in [-0.05, 0) is 19.3 Å². The summed E-state index contributed by atoms with van der Waals surface area (Å²) in [6.45, 7) is 0. The first-order chi connectivity index (χ1) is 5.50. The predicted molar refractivity (Wildman–Crippen MR) is 50.4 cm³/mol. The zero-order chi connectivity index (χ0) is 7.78. The number of hydrogen-bond donors (Lipinski definition) is 0. The SMILES string of the molecule is C1=C\C/C=C/CC/C=C/C=C/1. The lowest BCUT2D eigenvalue weighted by Crippen LogP contribution is -1.63. The van der Waals surface area contributed by atoms with Gasteiger partial charge in [0.05, 0.1) is 0 Å². The number of rotatable bonds is 0. The van der Waals surface area contributed by atoms with E-state index in [0.29, 0.717) is 0 Å². The highest BCUT2D eigenvalue weighted by Crippen LogP contribution is 1.97. The molecule has 0 heterocycles. The van der Waals surface area contributed by atoms with E-state index in [0.717, 1.165) is 19.3 Å². The summed E-state index contributed by atoms with van der Waals surface area (Å²) in [5, 5.41) is 0. The van der Waals surface area contributed by atoms with Crippen LogP contribution in [0.4, 0.5) is 0 Å². The highest BCUT2D eigenvalue weighted by Gasteiger charge is 1.76. The van der Waals surface area contributed by atoms with Crippen LogP contribution in [0, 0.1) is 0 Å². The minimum atomic E-state index is 1.06. The molecule has 0 aromatic carbocycles. The lowest BCUT2D eigenvalue weighted by Gasteiger charge is -1.83. The summed E-state index contributed by atoms with van der Waals surface area (Å²) in [5.41, 5.74) is 0. The van der Waals surface area contributed by atoms with Gasteiger partial charge in [0.25, 0.3) is 0 Å². The zero-order valence-corrected chi connectivity index (χ0v) is 6.74. The van der Waals surface area contributed by atoms with Crippen molar-refractivity contribution in [3.8, 4) is 0 Å². The fourth-order valence-electron chi connectivity index (χ4n) is 0.945. The van der Waals surface area contributed by atoms with E-state index in [9.17, 15) is 0 Å². The van der Waals surface area contributed by atoms with Crippen LogP contribution in [0.25, 0.3) is 0 Å². The maximum absolute atomic E-state index is 2.24. The average Bonchev–Trinajstić information content (AvgIpc) is 2.08. The Bertz CT molecular complexity index is 192. The lowest BCUT2D eigenvalue weighted by atomic mass is 10.2. The maximum atomic E-state index is 2.24. The van der Waals surface area contributed by atoms with Crippen molar-refractivity contribution >= 4 is 0 Å². The molecule has 1 rings (SSSR count). The molecular formula is C11H14. The van der Waals surface area contributed by atoms with Crippen LogP contribution >= 0.6 is 0 Å². The molecular weight excluding hydrogens is 132 g/mol. The molecule has 0 heteroatoms. The molecule has 0 unspecified atom stereocenters. The molecule has 0 saturated carbocycles. The van der Waals surface area contributed by atoms with Crippen LogP contribution in [0.3, 0.4) is 0 Å². The Morgan fingerprint density at radius 2 is 1.27 bits per heavy atom. The second kappa shape index (κ2) is 5.72. The van der Waals surface area contributed by atoms with Gasteiger partial charge in [-0.25, -0.2) is 0 Å². The molecule has 0 nitrogen and oxygen atoms in total. The van der Waals surface area contributed by atoms with Gasteiger partial charge in [0, 0.05) is 0 Å². The van der Waals surface area contributed by atoms with Crippen LogP contribution in [0.15, 0.2) is 48.6 Å². The summed E-state index contributed by atoms with van der Waals surface area (Å²) in [5.74, 6) is 0. The Labute approximate surface area is 68.6 Å². The van der Waals surface area contributed by atoms with Gasteiger partial charge < -0.3 is 0 Å². The van der Waals surface area contributed by atoms with E-state index in [1.54, 1.807) is 0 Å². The maximum Gasteiger partial charge on any atom is -0.0166 e. The first-order valence-corrected chi connectivity index (χ1v) is 4.13. The molecule has 0 N–H and O–H groups in total. The quantitative estimate of drug-likeness (QED) is 0.459. The van der Waals surface area contributed by atoms with Crippen LogP contribution in [0.1, 0.15) is 19.3 Å². The summed E-state index contributed by atoms with van der Waals surface area (Å²) in [6.07, 6.45) is 20.5. The van der Waals surface area contributed by atoms with Crippen molar-refractivity contribution in [1.82, 2.24) is 0 Å². The van der Waals surface area contributed by atoms with Crippen molar-refractivity contribution in [3.63, 3.8) is 0 Å². The molecule has 58 valence electrons. The van der Waals surface area contributed by atoms with E-state index in [1.807, 2.05) is 0 Å². The second-order valence-electron chi connectivity index (χ2n) is 2.53. The molecule has 0 atom stereocenters. The summed E-state index contributed by atoms with van der Waals surface area (Å²) in [4.78, 5) is 0. The smallest absolute Gasteiger partial charge is 0.0166 e. The fraction of sp³-hybridized carbons (Fsp3) is 0.273. The lowest BCUT2D eigenvalue weighted by molar-refractivity contribution is 1.04. The molecule has 0 bridgehead atoms. The van der Waals surface area contributed by atoms with Gasteiger partial charge in [-0.3, -0.25) is 0 Å². The van der Waals surface area contributed by atoms with Crippen molar-refractivity contribution in [2.75, 3.05) is 0 Å². The molecule has 11 heavy (non-hydrogen) atoms. The Balaban J connectivity index is 2.47. The van der Waals surface area contributed by atoms with Crippen LogP contribution < -0.4 is 0 Å². The third-order valence-corrected chi connectivity index (χ3v) is 1.54. The van der Waals surface area contributed by atoms with E-state index in [2.05, 4.69) is 48.6 Å². The number of hydrogen-bond acceptors (Lipinski definition) is 0. The van der Waals surface area contributed by atoms with Gasteiger partial charge in [0.2, 0.25) is 0 Å². The first-order valence-electron chi connectivity index (χ1n) is 4.13. The molecule has 0 saturated heterocycles. The molecule has 0 amide bonds. The molecule has 0 fully saturated rings. The minimum absolute atomic E-state index is 1.06. The van der Waals surface area contributed by atoms with Crippen molar-refractivity contribution in [1.29, 1.82) is 0 Å². The third-order valence-electron chi connectivity index (χ3n) is 1.54.